The molecule has 0 radical (unpaired) electrons. The van der Waals surface area contributed by atoms with Gasteiger partial charge in [0, 0.05) is 19.0 Å². The third-order valence-corrected chi connectivity index (χ3v) is 8.46. The lowest BCUT2D eigenvalue weighted by Crippen LogP contribution is -2.50. The molecule has 11 heteroatoms. The van der Waals surface area contributed by atoms with Crippen LogP contribution in [0.25, 0.3) is 11.2 Å². The van der Waals surface area contributed by atoms with Gasteiger partial charge in [-0.1, -0.05) is 6.42 Å². The first-order chi connectivity index (χ1) is 15.4. The molecule has 0 saturated heterocycles. The summed E-state index contributed by atoms with van der Waals surface area (Å²) in [7, 11) is 0. The fourth-order valence-electron chi connectivity index (χ4n) is 6.65. The molecule has 4 aliphatic rings. The lowest BCUT2D eigenvalue weighted by molar-refractivity contribution is -0.155. The molecule has 2 aromatic rings. The average molecular weight is 463 g/mol. The number of halogens is 1. The van der Waals surface area contributed by atoms with E-state index in [1.165, 1.54) is 30.2 Å². The summed E-state index contributed by atoms with van der Waals surface area (Å²) < 4.78 is 1.43. The van der Waals surface area contributed by atoms with Gasteiger partial charge in [0.1, 0.15) is 6.10 Å². The van der Waals surface area contributed by atoms with E-state index in [9.17, 15) is 15.0 Å². The van der Waals surface area contributed by atoms with E-state index in [-0.39, 0.29) is 36.7 Å². The smallest absolute Gasteiger partial charge is 0.229 e. The zero-order valence-electron chi connectivity index (χ0n) is 17.5. The van der Waals surface area contributed by atoms with Gasteiger partial charge in [-0.2, -0.15) is 9.97 Å². The number of anilines is 1. The van der Waals surface area contributed by atoms with Crippen molar-refractivity contribution in [3.05, 3.63) is 11.6 Å². The molecule has 10 nitrogen and oxygen atoms in total. The van der Waals surface area contributed by atoms with Gasteiger partial charge in [0.25, 0.3) is 0 Å². The highest BCUT2D eigenvalue weighted by atomic mass is 35.5. The van der Waals surface area contributed by atoms with Gasteiger partial charge in [-0.15, -0.1) is 0 Å². The van der Waals surface area contributed by atoms with Crippen LogP contribution in [0.15, 0.2) is 6.33 Å². The van der Waals surface area contributed by atoms with Crippen LogP contribution in [-0.2, 0) is 10.5 Å². The topological polar surface area (TPSA) is 145 Å². The molecule has 5 N–H and O–H groups in total. The Hall–Kier alpha value is -2.01. The van der Waals surface area contributed by atoms with E-state index in [2.05, 4.69) is 25.6 Å². The second-order valence-electron chi connectivity index (χ2n) is 9.96. The first-order valence-corrected chi connectivity index (χ1v) is 11.7. The Kier molecular flexibility index (Phi) is 4.50. The number of nitrogens with zero attached hydrogens (tertiary/aromatic N) is 4. The lowest BCUT2D eigenvalue weighted by Gasteiger charge is -2.33. The van der Waals surface area contributed by atoms with Crippen LogP contribution in [0, 0.1) is 23.2 Å². The number of fused-ring (bicyclic) bond motifs is 4. The van der Waals surface area contributed by atoms with Gasteiger partial charge in [-0.05, 0) is 55.0 Å². The molecule has 0 spiro atoms. The minimum absolute atomic E-state index is 0.0292. The second-order valence-corrected chi connectivity index (χ2v) is 10.3. The summed E-state index contributed by atoms with van der Waals surface area (Å²) in [5.41, 5.74) is -2.00. The van der Waals surface area contributed by atoms with Crippen molar-refractivity contribution in [1.29, 1.82) is 0 Å². The van der Waals surface area contributed by atoms with E-state index in [1.807, 2.05) is 0 Å². The van der Waals surface area contributed by atoms with Gasteiger partial charge in [0.15, 0.2) is 22.7 Å². The number of hydrogen-bond acceptors (Lipinski definition) is 8. The first-order valence-electron chi connectivity index (χ1n) is 11.3. The van der Waals surface area contributed by atoms with Crippen molar-refractivity contribution in [3.63, 3.8) is 0 Å². The SMILES string of the molecule is O=C(NCCO)C12CC1C[C@](O)(n1cnc3c(NC4CC5CCC4C5)nc(Cl)nc31)[C@@H]2O. The fraction of sp³-hybridized carbons (Fsp3) is 0.714. The van der Waals surface area contributed by atoms with Crippen LogP contribution >= 0.6 is 11.6 Å². The van der Waals surface area contributed by atoms with Crippen LogP contribution in [-0.4, -0.2) is 66.0 Å². The Labute approximate surface area is 189 Å². The van der Waals surface area contributed by atoms with Gasteiger partial charge < -0.3 is 26.0 Å². The number of hydrogen-bond donors (Lipinski definition) is 5. The minimum Gasteiger partial charge on any atom is -0.395 e. The molecule has 2 bridgehead atoms. The van der Waals surface area contributed by atoms with Crippen molar-refractivity contribution >= 4 is 34.5 Å². The monoisotopic (exact) mass is 462 g/mol. The summed E-state index contributed by atoms with van der Waals surface area (Å²) in [5.74, 6) is 1.40. The molecule has 0 aliphatic heterocycles. The van der Waals surface area contributed by atoms with E-state index in [0.29, 0.717) is 35.4 Å². The predicted molar refractivity (Wildman–Crippen MR) is 115 cm³/mol. The first kappa shape index (κ1) is 20.6. The Morgan fingerprint density at radius 3 is 2.84 bits per heavy atom. The second kappa shape index (κ2) is 6.99. The normalized spacial score (nSPS) is 39.4. The Bertz CT molecular complexity index is 1100. The molecule has 1 amide bonds. The zero-order valence-corrected chi connectivity index (χ0v) is 18.3. The molecule has 2 aromatic heterocycles. The summed E-state index contributed by atoms with van der Waals surface area (Å²) in [6.07, 6.45) is 5.63. The highest BCUT2D eigenvalue weighted by molar-refractivity contribution is 6.28. The molecule has 4 aliphatic carbocycles. The van der Waals surface area contributed by atoms with Crippen molar-refractivity contribution in [2.45, 2.75) is 56.4 Å². The Morgan fingerprint density at radius 2 is 2.12 bits per heavy atom. The van der Waals surface area contributed by atoms with Crippen LogP contribution in [0.2, 0.25) is 5.28 Å². The fourth-order valence-corrected chi connectivity index (χ4v) is 6.81. The average Bonchev–Trinajstić information content (AvgIpc) is 3.17. The van der Waals surface area contributed by atoms with Crippen molar-refractivity contribution in [2.75, 3.05) is 18.5 Å². The highest BCUT2D eigenvalue weighted by Gasteiger charge is 2.76. The van der Waals surface area contributed by atoms with Crippen LogP contribution in [0.1, 0.15) is 38.5 Å². The number of nitrogens with one attached hydrogen (secondary N) is 2. The molecule has 4 fully saturated rings. The van der Waals surface area contributed by atoms with Crippen molar-refractivity contribution in [1.82, 2.24) is 24.8 Å². The van der Waals surface area contributed by atoms with Crippen LogP contribution in [0.5, 0.6) is 0 Å². The maximum absolute atomic E-state index is 12.7. The summed E-state index contributed by atoms with van der Waals surface area (Å²) in [4.78, 5) is 25.8. The Morgan fingerprint density at radius 1 is 1.28 bits per heavy atom. The molecule has 32 heavy (non-hydrogen) atoms. The predicted octanol–water partition coefficient (Wildman–Crippen LogP) is 0.605. The summed E-state index contributed by atoms with van der Waals surface area (Å²) in [6, 6.07) is 0.319. The number of aromatic nitrogens is 4. The van der Waals surface area contributed by atoms with Crippen LogP contribution < -0.4 is 10.6 Å². The summed E-state index contributed by atoms with van der Waals surface area (Å²) in [6.45, 7) is -0.0832. The number of aliphatic hydroxyl groups excluding tert-OH is 2. The molecule has 7 atom stereocenters. The number of rotatable bonds is 6. The van der Waals surface area contributed by atoms with Crippen molar-refractivity contribution in [3.8, 4) is 0 Å². The number of amides is 1. The van der Waals surface area contributed by atoms with Crippen molar-refractivity contribution in [2.24, 2.45) is 23.2 Å². The van der Waals surface area contributed by atoms with E-state index in [4.69, 9.17) is 16.7 Å². The van der Waals surface area contributed by atoms with E-state index in [1.54, 1.807) is 0 Å². The minimum atomic E-state index is -1.74. The van der Waals surface area contributed by atoms with Crippen LogP contribution in [0.3, 0.4) is 0 Å². The molecule has 5 unspecified atom stereocenters. The third kappa shape index (κ3) is 2.76. The maximum Gasteiger partial charge on any atom is 0.229 e. The maximum atomic E-state index is 12.7. The number of imidazole rings is 1. The quantitative estimate of drug-likeness (QED) is 0.392. The van der Waals surface area contributed by atoms with Crippen LogP contribution in [0.4, 0.5) is 5.82 Å². The molecule has 172 valence electrons. The largest absolute Gasteiger partial charge is 0.395 e. The molecule has 6 rings (SSSR count). The van der Waals surface area contributed by atoms with Gasteiger partial charge in [0.05, 0.1) is 18.3 Å². The third-order valence-electron chi connectivity index (χ3n) is 8.29. The number of aliphatic hydroxyl groups is 3. The van der Waals surface area contributed by atoms with Gasteiger partial charge >= 0.3 is 0 Å². The molecular weight excluding hydrogens is 436 g/mol. The van der Waals surface area contributed by atoms with E-state index < -0.39 is 17.2 Å². The molecule has 0 aromatic carbocycles. The molecule has 2 heterocycles. The summed E-state index contributed by atoms with van der Waals surface area (Å²) in [5, 5.41) is 37.8. The summed E-state index contributed by atoms with van der Waals surface area (Å²) >= 11 is 6.24. The molecule has 4 saturated carbocycles. The number of carbonyl (C=O) groups excluding carboxylic acids is 1. The lowest BCUT2D eigenvalue weighted by atomic mass is 9.94. The highest BCUT2D eigenvalue weighted by Crippen LogP contribution is 2.68. The Balaban J connectivity index is 1.33. The standard InChI is InChI=1S/C21H27ClN6O4/c22-19-26-15(25-13-6-10-1-2-11(13)5-10)14-16(27-19)28(9-24-14)21(32)8-12-7-20(12,17(21)30)18(31)23-3-4-29/h9-13,17,29-30,32H,1-8H2,(H,23,31)(H,25,26,27)/t10?,11?,12?,13?,17-,20?,21-/m1/s1. The van der Waals surface area contributed by atoms with E-state index >= 15 is 0 Å². The zero-order chi connectivity index (χ0) is 22.3. The van der Waals surface area contributed by atoms with Gasteiger partial charge in [0.2, 0.25) is 11.2 Å². The number of carbonyl (C=O) groups is 1. The molecular formula is C21H27ClN6O4. The van der Waals surface area contributed by atoms with Gasteiger partial charge in [-0.25, -0.2) is 4.98 Å². The van der Waals surface area contributed by atoms with Gasteiger partial charge in [-0.3, -0.25) is 9.36 Å². The van der Waals surface area contributed by atoms with Crippen molar-refractivity contribution < 1.29 is 20.1 Å². The van der Waals surface area contributed by atoms with E-state index in [0.717, 1.165) is 12.3 Å².